The number of hydrogen-bond acceptors (Lipinski definition) is 3. The van der Waals surface area contributed by atoms with E-state index >= 15 is 0 Å². The van der Waals surface area contributed by atoms with Crippen molar-refractivity contribution in [3.8, 4) is 5.75 Å². The monoisotopic (exact) mass is 523 g/mol. The lowest BCUT2D eigenvalue weighted by molar-refractivity contribution is 0.386. The topological polar surface area (TPSA) is 63.5 Å². The average Bonchev–Trinajstić information content (AvgIpc) is 3.18. The fourth-order valence-electron chi connectivity index (χ4n) is 3.03. The molecule has 0 radical (unpaired) electrons. The van der Waals surface area contributed by atoms with Crippen LogP contribution in [0.15, 0.2) is 65.9 Å². The number of nitrogens with one attached hydrogen (secondary N) is 2. The van der Waals surface area contributed by atoms with Crippen molar-refractivity contribution < 1.29 is 9.13 Å². The SMILES string of the molecule is CN=C(NCc1nccn1Cc1ccccc1)NC(C)c1ccc(OC)c(F)c1.I. The Morgan fingerprint density at radius 2 is 2.00 bits per heavy atom. The maximum absolute atomic E-state index is 14.0. The van der Waals surface area contributed by atoms with Crippen molar-refractivity contribution in [2.75, 3.05) is 14.2 Å². The molecule has 2 aromatic carbocycles. The Hall–Kier alpha value is -2.62. The first-order valence-corrected chi connectivity index (χ1v) is 9.45. The Balaban J connectivity index is 0.00000320. The molecule has 0 saturated carbocycles. The van der Waals surface area contributed by atoms with E-state index in [-0.39, 0.29) is 41.6 Å². The van der Waals surface area contributed by atoms with Gasteiger partial charge in [-0.25, -0.2) is 9.37 Å². The van der Waals surface area contributed by atoms with Gasteiger partial charge in [0.1, 0.15) is 5.82 Å². The number of rotatable bonds is 7. The molecule has 30 heavy (non-hydrogen) atoms. The summed E-state index contributed by atoms with van der Waals surface area (Å²) in [5.41, 5.74) is 2.02. The number of guanidine groups is 1. The van der Waals surface area contributed by atoms with Crippen LogP contribution in [-0.2, 0) is 13.1 Å². The van der Waals surface area contributed by atoms with Crippen molar-refractivity contribution in [2.24, 2.45) is 4.99 Å². The number of ether oxygens (including phenoxy) is 1. The Morgan fingerprint density at radius 1 is 1.23 bits per heavy atom. The minimum atomic E-state index is -0.385. The van der Waals surface area contributed by atoms with Gasteiger partial charge >= 0.3 is 0 Å². The number of imidazole rings is 1. The first kappa shape index (κ1) is 23.7. The summed E-state index contributed by atoms with van der Waals surface area (Å²) in [5.74, 6) is 1.36. The van der Waals surface area contributed by atoms with E-state index in [0.29, 0.717) is 12.5 Å². The highest BCUT2D eigenvalue weighted by Gasteiger charge is 2.12. The summed E-state index contributed by atoms with van der Waals surface area (Å²) in [6.07, 6.45) is 3.75. The van der Waals surface area contributed by atoms with E-state index < -0.39 is 0 Å². The molecule has 6 nitrogen and oxygen atoms in total. The van der Waals surface area contributed by atoms with E-state index in [2.05, 4.69) is 37.3 Å². The van der Waals surface area contributed by atoms with E-state index in [4.69, 9.17) is 4.74 Å². The normalized spacial score (nSPS) is 12.1. The molecule has 1 heterocycles. The Morgan fingerprint density at radius 3 is 2.67 bits per heavy atom. The van der Waals surface area contributed by atoms with Gasteiger partial charge in [-0.3, -0.25) is 4.99 Å². The molecule has 8 heteroatoms. The van der Waals surface area contributed by atoms with Crippen molar-refractivity contribution in [3.63, 3.8) is 0 Å². The van der Waals surface area contributed by atoms with Crippen LogP contribution in [0.3, 0.4) is 0 Å². The van der Waals surface area contributed by atoms with Crippen LogP contribution >= 0.6 is 24.0 Å². The predicted molar refractivity (Wildman–Crippen MR) is 128 cm³/mol. The quantitative estimate of drug-likeness (QED) is 0.278. The first-order valence-electron chi connectivity index (χ1n) is 9.45. The maximum atomic E-state index is 14.0. The molecule has 0 amide bonds. The summed E-state index contributed by atoms with van der Waals surface area (Å²) >= 11 is 0. The fourth-order valence-corrected chi connectivity index (χ4v) is 3.03. The molecule has 0 aliphatic rings. The molecule has 0 fully saturated rings. The molecule has 1 atom stereocenters. The van der Waals surface area contributed by atoms with Crippen LogP contribution < -0.4 is 15.4 Å². The second kappa shape index (κ2) is 11.5. The van der Waals surface area contributed by atoms with Gasteiger partial charge in [-0.05, 0) is 30.2 Å². The summed E-state index contributed by atoms with van der Waals surface area (Å²) in [6, 6.07) is 15.0. The zero-order valence-electron chi connectivity index (χ0n) is 17.3. The third kappa shape index (κ3) is 6.19. The number of benzene rings is 2. The molecule has 0 aliphatic heterocycles. The number of aromatic nitrogens is 2. The molecule has 160 valence electrons. The van der Waals surface area contributed by atoms with Gasteiger partial charge in [0.05, 0.1) is 19.7 Å². The minimum absolute atomic E-state index is 0. The van der Waals surface area contributed by atoms with Crippen molar-refractivity contribution >= 4 is 29.9 Å². The van der Waals surface area contributed by atoms with E-state index in [1.807, 2.05) is 37.4 Å². The third-order valence-corrected chi connectivity index (χ3v) is 4.66. The molecule has 1 aromatic heterocycles. The van der Waals surface area contributed by atoms with E-state index in [1.165, 1.54) is 18.7 Å². The number of hydrogen-bond donors (Lipinski definition) is 2. The molecular formula is C22H27FIN5O. The van der Waals surface area contributed by atoms with Gasteiger partial charge < -0.3 is 19.9 Å². The lowest BCUT2D eigenvalue weighted by atomic mass is 10.1. The smallest absolute Gasteiger partial charge is 0.191 e. The number of methoxy groups -OCH3 is 1. The predicted octanol–water partition coefficient (Wildman–Crippen LogP) is 4.12. The van der Waals surface area contributed by atoms with Crippen molar-refractivity contribution in [1.82, 2.24) is 20.2 Å². The lowest BCUT2D eigenvalue weighted by Crippen LogP contribution is -2.38. The second-order valence-corrected chi connectivity index (χ2v) is 6.64. The standard InChI is InChI=1S/C22H26FN5O.HI/c1-16(18-9-10-20(29-3)19(23)13-18)27-22(24-2)26-14-21-25-11-12-28(21)15-17-7-5-4-6-8-17;/h4-13,16H,14-15H2,1-3H3,(H2,24,26,27);1H. The third-order valence-electron chi connectivity index (χ3n) is 4.66. The van der Waals surface area contributed by atoms with E-state index in [0.717, 1.165) is 17.9 Å². The Bertz CT molecular complexity index is 961. The number of aliphatic imine (C=N–C) groups is 1. The largest absolute Gasteiger partial charge is 0.494 e. The van der Waals surface area contributed by atoms with Crippen LogP contribution in [0.4, 0.5) is 4.39 Å². The van der Waals surface area contributed by atoms with Gasteiger partial charge in [0.15, 0.2) is 17.5 Å². The van der Waals surface area contributed by atoms with E-state index in [9.17, 15) is 4.39 Å². The summed E-state index contributed by atoms with van der Waals surface area (Å²) in [4.78, 5) is 8.70. The maximum Gasteiger partial charge on any atom is 0.191 e. The van der Waals surface area contributed by atoms with E-state index in [1.54, 1.807) is 19.3 Å². The van der Waals surface area contributed by atoms with Crippen LogP contribution in [0.2, 0.25) is 0 Å². The zero-order valence-corrected chi connectivity index (χ0v) is 19.6. The highest BCUT2D eigenvalue weighted by atomic mass is 127. The van der Waals surface area contributed by atoms with Crippen LogP contribution in [0, 0.1) is 5.82 Å². The highest BCUT2D eigenvalue weighted by molar-refractivity contribution is 14.0. The van der Waals surface area contributed by atoms with Gasteiger partial charge in [0.25, 0.3) is 0 Å². The average molecular weight is 523 g/mol. The van der Waals surface area contributed by atoms with Crippen molar-refractivity contribution in [3.05, 3.63) is 83.7 Å². The van der Waals surface area contributed by atoms with Gasteiger partial charge in [-0.1, -0.05) is 36.4 Å². The van der Waals surface area contributed by atoms with Crippen LogP contribution in [0.1, 0.15) is 29.9 Å². The van der Waals surface area contributed by atoms with Gasteiger partial charge in [-0.15, -0.1) is 24.0 Å². The molecule has 0 aliphatic carbocycles. The van der Waals surface area contributed by atoms with Gasteiger partial charge in [0, 0.05) is 26.0 Å². The van der Waals surface area contributed by atoms with Crippen molar-refractivity contribution in [2.45, 2.75) is 26.1 Å². The molecule has 3 rings (SSSR count). The Labute approximate surface area is 193 Å². The minimum Gasteiger partial charge on any atom is -0.494 e. The lowest BCUT2D eigenvalue weighted by Gasteiger charge is -2.19. The molecule has 3 aromatic rings. The summed E-state index contributed by atoms with van der Waals surface area (Å²) < 4.78 is 21.0. The zero-order chi connectivity index (χ0) is 20.6. The fraction of sp³-hybridized carbons (Fsp3) is 0.273. The van der Waals surface area contributed by atoms with Gasteiger partial charge in [-0.2, -0.15) is 0 Å². The summed E-state index contributed by atoms with van der Waals surface area (Å²) in [7, 11) is 3.15. The summed E-state index contributed by atoms with van der Waals surface area (Å²) in [6.45, 7) is 3.22. The van der Waals surface area contributed by atoms with Crippen LogP contribution in [0.5, 0.6) is 5.75 Å². The molecular weight excluding hydrogens is 496 g/mol. The molecule has 0 saturated heterocycles. The van der Waals surface area contributed by atoms with Gasteiger partial charge in [0.2, 0.25) is 0 Å². The second-order valence-electron chi connectivity index (χ2n) is 6.64. The Kier molecular flexibility index (Phi) is 9.10. The molecule has 1 unspecified atom stereocenters. The van der Waals surface area contributed by atoms with Crippen LogP contribution in [-0.4, -0.2) is 29.7 Å². The molecule has 0 spiro atoms. The highest BCUT2D eigenvalue weighted by Crippen LogP contribution is 2.21. The number of halogens is 2. The summed E-state index contributed by atoms with van der Waals surface area (Å²) in [5, 5.41) is 6.55. The van der Waals surface area contributed by atoms with Crippen molar-refractivity contribution in [1.29, 1.82) is 0 Å². The molecule has 2 N–H and O–H groups in total. The number of nitrogens with zero attached hydrogens (tertiary/aromatic N) is 3. The first-order chi connectivity index (χ1) is 14.1. The molecule has 0 bridgehead atoms. The van der Waals surface area contributed by atoms with Crippen LogP contribution in [0.25, 0.3) is 0 Å².